The third kappa shape index (κ3) is 5.14. The van der Waals surface area contributed by atoms with Crippen LogP contribution in [0.15, 0.2) is 61.2 Å². The summed E-state index contributed by atoms with van der Waals surface area (Å²) in [6, 6.07) is 17.6. The lowest BCUT2D eigenvalue weighted by Crippen LogP contribution is -2.12. The van der Waals surface area contributed by atoms with Crippen molar-refractivity contribution in [1.82, 2.24) is 0 Å². The molecule has 0 nitrogen and oxygen atoms in total. The Morgan fingerprint density at radius 3 is 2.04 bits per heavy atom. The quantitative estimate of drug-likeness (QED) is 0.382. The first-order valence-electron chi connectivity index (χ1n) is 10.6. The molecule has 0 heteroatoms. The fourth-order valence-electron chi connectivity index (χ4n) is 4.11. The predicted octanol–water partition coefficient (Wildman–Crippen LogP) is 7.60. The van der Waals surface area contributed by atoms with E-state index < -0.39 is 0 Å². The summed E-state index contributed by atoms with van der Waals surface area (Å²) in [5.41, 5.74) is 4.99. The van der Waals surface area contributed by atoms with Gasteiger partial charge in [0.25, 0.3) is 0 Å². The number of rotatable bonds is 5. The van der Waals surface area contributed by atoms with Gasteiger partial charge in [0.05, 0.1) is 0 Å². The van der Waals surface area contributed by atoms with Crippen LogP contribution < -0.4 is 0 Å². The Labute approximate surface area is 165 Å². The van der Waals surface area contributed by atoms with Crippen LogP contribution in [0.4, 0.5) is 0 Å². The zero-order chi connectivity index (χ0) is 19.1. The molecule has 1 aliphatic rings. The lowest BCUT2D eigenvalue weighted by atomic mass is 9.81. The van der Waals surface area contributed by atoms with Crippen molar-refractivity contribution in [3.8, 4) is 23.0 Å². The van der Waals surface area contributed by atoms with Crippen molar-refractivity contribution in [3.05, 3.63) is 72.3 Å². The normalized spacial score (nSPS) is 20.4. The van der Waals surface area contributed by atoms with E-state index in [1.54, 1.807) is 0 Å². The Hall–Kier alpha value is -2.26. The zero-order valence-electron chi connectivity index (χ0n) is 16.9. The van der Waals surface area contributed by atoms with E-state index in [2.05, 4.69) is 80.8 Å². The first-order chi connectivity index (χ1) is 13.2. The summed E-state index contributed by atoms with van der Waals surface area (Å²) in [6.45, 7) is 8.46. The maximum atomic E-state index is 3.94. The minimum absolute atomic E-state index is 0.448. The highest BCUT2D eigenvalue weighted by molar-refractivity contribution is 5.64. The van der Waals surface area contributed by atoms with Gasteiger partial charge in [-0.1, -0.05) is 74.6 Å². The standard InChI is InChI=1S/C27H32/c1-4-21-7-9-22(10-8-21)11-12-23-13-15-26(16-14-23)27-19-17-25(18-20-27)24(5-2)6-3/h5,13-22,24H,2,4,6-10H2,1,3H3/t21-,22-,24?. The third-order valence-corrected chi connectivity index (χ3v) is 6.13. The van der Waals surface area contributed by atoms with E-state index in [1.165, 1.54) is 48.8 Å². The van der Waals surface area contributed by atoms with Crippen LogP contribution in [0.5, 0.6) is 0 Å². The van der Waals surface area contributed by atoms with Gasteiger partial charge in [-0.15, -0.1) is 6.58 Å². The highest BCUT2D eigenvalue weighted by atomic mass is 14.2. The molecule has 1 unspecified atom stereocenters. The van der Waals surface area contributed by atoms with E-state index in [-0.39, 0.29) is 0 Å². The molecular weight excluding hydrogens is 324 g/mol. The predicted molar refractivity (Wildman–Crippen MR) is 118 cm³/mol. The highest BCUT2D eigenvalue weighted by Gasteiger charge is 2.18. The molecule has 1 fully saturated rings. The molecule has 0 bridgehead atoms. The topological polar surface area (TPSA) is 0 Å². The van der Waals surface area contributed by atoms with Gasteiger partial charge in [-0.05, 0) is 66.8 Å². The Morgan fingerprint density at radius 2 is 1.52 bits per heavy atom. The van der Waals surface area contributed by atoms with Gasteiger partial charge in [0, 0.05) is 17.4 Å². The minimum Gasteiger partial charge on any atom is -0.102 e. The van der Waals surface area contributed by atoms with Crippen LogP contribution in [-0.4, -0.2) is 0 Å². The molecule has 1 atom stereocenters. The Morgan fingerprint density at radius 1 is 0.926 bits per heavy atom. The lowest BCUT2D eigenvalue weighted by molar-refractivity contribution is 0.309. The molecule has 2 aromatic rings. The summed E-state index contributed by atoms with van der Waals surface area (Å²) in [4.78, 5) is 0. The van der Waals surface area contributed by atoms with Crippen molar-refractivity contribution in [2.24, 2.45) is 11.8 Å². The average Bonchev–Trinajstić information content (AvgIpc) is 2.74. The highest BCUT2D eigenvalue weighted by Crippen LogP contribution is 2.30. The number of benzene rings is 2. The molecule has 1 aliphatic carbocycles. The van der Waals surface area contributed by atoms with E-state index >= 15 is 0 Å². The van der Waals surface area contributed by atoms with Gasteiger partial charge in [0.15, 0.2) is 0 Å². The van der Waals surface area contributed by atoms with Gasteiger partial charge in [0.2, 0.25) is 0 Å². The molecule has 27 heavy (non-hydrogen) atoms. The molecular formula is C27H32. The fraction of sp³-hybridized carbons (Fsp3) is 0.407. The second-order valence-electron chi connectivity index (χ2n) is 7.85. The van der Waals surface area contributed by atoms with E-state index in [0.29, 0.717) is 11.8 Å². The molecule has 0 amide bonds. The Bertz CT molecular complexity index is 775. The van der Waals surface area contributed by atoms with Gasteiger partial charge in [-0.25, -0.2) is 0 Å². The largest absolute Gasteiger partial charge is 0.102 e. The zero-order valence-corrected chi connectivity index (χ0v) is 16.9. The Kier molecular flexibility index (Phi) is 6.94. The summed E-state index contributed by atoms with van der Waals surface area (Å²) in [7, 11) is 0. The summed E-state index contributed by atoms with van der Waals surface area (Å²) in [6.07, 6.45) is 9.73. The molecule has 1 saturated carbocycles. The van der Waals surface area contributed by atoms with Crippen LogP contribution in [0, 0.1) is 23.7 Å². The molecule has 0 heterocycles. The molecule has 3 rings (SSSR count). The first-order valence-corrected chi connectivity index (χ1v) is 10.6. The van der Waals surface area contributed by atoms with E-state index in [0.717, 1.165) is 17.9 Å². The third-order valence-electron chi connectivity index (χ3n) is 6.13. The van der Waals surface area contributed by atoms with Crippen molar-refractivity contribution in [2.45, 2.75) is 58.3 Å². The number of allylic oxidation sites excluding steroid dienone is 1. The maximum absolute atomic E-state index is 3.94. The van der Waals surface area contributed by atoms with E-state index in [4.69, 9.17) is 0 Å². The summed E-state index contributed by atoms with van der Waals surface area (Å²) in [5, 5.41) is 0. The summed E-state index contributed by atoms with van der Waals surface area (Å²) in [5.74, 6) is 8.90. The number of hydrogen-bond acceptors (Lipinski definition) is 0. The summed E-state index contributed by atoms with van der Waals surface area (Å²) < 4.78 is 0. The van der Waals surface area contributed by atoms with Crippen LogP contribution >= 0.6 is 0 Å². The van der Waals surface area contributed by atoms with Crippen molar-refractivity contribution in [3.63, 3.8) is 0 Å². The van der Waals surface area contributed by atoms with Gasteiger partial charge in [-0.2, -0.15) is 0 Å². The summed E-state index contributed by atoms with van der Waals surface area (Å²) >= 11 is 0. The van der Waals surface area contributed by atoms with Crippen molar-refractivity contribution in [2.75, 3.05) is 0 Å². The van der Waals surface area contributed by atoms with Gasteiger partial charge >= 0.3 is 0 Å². The second-order valence-corrected chi connectivity index (χ2v) is 7.85. The SMILES string of the molecule is C=CC(CC)c1ccc(-c2ccc(C#C[C@H]3CC[C@H](CC)CC3)cc2)cc1. The van der Waals surface area contributed by atoms with E-state index in [9.17, 15) is 0 Å². The van der Waals surface area contributed by atoms with Gasteiger partial charge in [0.1, 0.15) is 0 Å². The molecule has 0 spiro atoms. The van der Waals surface area contributed by atoms with Crippen molar-refractivity contribution in [1.29, 1.82) is 0 Å². The molecule has 0 radical (unpaired) electrons. The Balaban J connectivity index is 1.64. The molecule has 0 aliphatic heterocycles. The second kappa shape index (κ2) is 9.61. The van der Waals surface area contributed by atoms with Crippen LogP contribution in [0.3, 0.4) is 0 Å². The maximum Gasteiger partial charge on any atom is 0.0245 e. The van der Waals surface area contributed by atoms with E-state index in [1.807, 2.05) is 6.08 Å². The van der Waals surface area contributed by atoms with Crippen LogP contribution in [-0.2, 0) is 0 Å². The van der Waals surface area contributed by atoms with Crippen LogP contribution in [0.1, 0.15) is 69.4 Å². The molecule has 140 valence electrons. The molecule has 0 saturated heterocycles. The molecule has 0 aromatic heterocycles. The van der Waals surface area contributed by atoms with Gasteiger partial charge in [-0.3, -0.25) is 0 Å². The average molecular weight is 357 g/mol. The van der Waals surface area contributed by atoms with Crippen LogP contribution in [0.2, 0.25) is 0 Å². The van der Waals surface area contributed by atoms with Crippen molar-refractivity contribution < 1.29 is 0 Å². The molecule has 0 N–H and O–H groups in total. The lowest BCUT2D eigenvalue weighted by Gasteiger charge is -2.24. The monoisotopic (exact) mass is 356 g/mol. The van der Waals surface area contributed by atoms with Crippen LogP contribution in [0.25, 0.3) is 11.1 Å². The number of hydrogen-bond donors (Lipinski definition) is 0. The first kappa shape index (κ1) is 19.5. The smallest absolute Gasteiger partial charge is 0.0245 e. The van der Waals surface area contributed by atoms with Gasteiger partial charge < -0.3 is 0 Å². The van der Waals surface area contributed by atoms with Crippen molar-refractivity contribution >= 4 is 0 Å². The minimum atomic E-state index is 0.448. The molecule has 2 aromatic carbocycles. The fourth-order valence-corrected chi connectivity index (χ4v) is 4.11.